The molecule has 1 atom stereocenters. The third-order valence-corrected chi connectivity index (χ3v) is 3.16. The maximum absolute atomic E-state index is 13.8. The maximum atomic E-state index is 13.8. The van der Waals surface area contributed by atoms with Crippen LogP contribution in [0.4, 0.5) is 4.39 Å². The van der Waals surface area contributed by atoms with E-state index in [1.54, 1.807) is 6.07 Å². The van der Waals surface area contributed by atoms with Gasteiger partial charge >= 0.3 is 0 Å². The summed E-state index contributed by atoms with van der Waals surface area (Å²) in [7, 11) is 0. The lowest BCUT2D eigenvalue weighted by Gasteiger charge is -2.19. The Morgan fingerprint density at radius 1 is 1.50 bits per heavy atom. The van der Waals surface area contributed by atoms with Crippen molar-refractivity contribution < 1.29 is 4.39 Å². The molecule has 1 nitrogen and oxygen atoms in total. The fraction of sp³-hybridized carbons (Fsp3) is 0.455. The summed E-state index contributed by atoms with van der Waals surface area (Å²) in [4.78, 5) is 0. The van der Waals surface area contributed by atoms with Crippen LogP contribution >= 0.6 is 15.9 Å². The molecule has 0 aliphatic rings. The van der Waals surface area contributed by atoms with Crippen LogP contribution in [0, 0.1) is 0 Å². The Morgan fingerprint density at radius 2 is 2.14 bits per heavy atom. The van der Waals surface area contributed by atoms with E-state index in [1.807, 2.05) is 12.1 Å². The van der Waals surface area contributed by atoms with Gasteiger partial charge in [0.15, 0.2) is 0 Å². The molecule has 0 aliphatic carbocycles. The van der Waals surface area contributed by atoms with Crippen LogP contribution in [0.1, 0.15) is 25.0 Å². The van der Waals surface area contributed by atoms with Crippen LogP contribution < -0.4 is 5.73 Å². The zero-order valence-corrected chi connectivity index (χ0v) is 10.1. The fourth-order valence-corrected chi connectivity index (χ4v) is 1.94. The minimum atomic E-state index is -1.44. The van der Waals surface area contributed by atoms with Crippen LogP contribution in [-0.4, -0.2) is 6.54 Å². The van der Waals surface area contributed by atoms with Crippen LogP contribution in [-0.2, 0) is 12.1 Å². The van der Waals surface area contributed by atoms with Gasteiger partial charge in [-0.2, -0.15) is 0 Å². The predicted molar refractivity (Wildman–Crippen MR) is 61.0 cm³/mol. The average molecular weight is 260 g/mol. The van der Waals surface area contributed by atoms with E-state index in [-0.39, 0.29) is 6.54 Å². The molecule has 14 heavy (non-hydrogen) atoms. The van der Waals surface area contributed by atoms with E-state index >= 15 is 0 Å². The highest BCUT2D eigenvalue weighted by molar-refractivity contribution is 9.10. The molecular weight excluding hydrogens is 245 g/mol. The number of alkyl halides is 1. The van der Waals surface area contributed by atoms with Crippen LogP contribution in [0.5, 0.6) is 0 Å². The van der Waals surface area contributed by atoms with E-state index in [4.69, 9.17) is 5.73 Å². The van der Waals surface area contributed by atoms with Crippen molar-refractivity contribution in [3.63, 3.8) is 0 Å². The maximum Gasteiger partial charge on any atom is 0.145 e. The molecule has 1 aromatic rings. The van der Waals surface area contributed by atoms with Gasteiger partial charge < -0.3 is 5.73 Å². The van der Waals surface area contributed by atoms with Gasteiger partial charge in [0.1, 0.15) is 5.67 Å². The van der Waals surface area contributed by atoms with Crippen LogP contribution in [0.3, 0.4) is 0 Å². The standard InChI is InChI=1S/C11H15BrFN/c1-3-8-4-5-9(6-10(8)12)11(2,13)7-14/h4-6H,3,7,14H2,1-2H3. The van der Waals surface area contributed by atoms with Gasteiger partial charge in [-0.1, -0.05) is 35.0 Å². The molecule has 0 heterocycles. The molecule has 0 amide bonds. The number of hydrogen-bond donors (Lipinski definition) is 1. The predicted octanol–water partition coefficient (Wildman–Crippen LogP) is 3.15. The van der Waals surface area contributed by atoms with Crippen molar-refractivity contribution in [1.29, 1.82) is 0 Å². The van der Waals surface area contributed by atoms with E-state index in [0.29, 0.717) is 5.56 Å². The van der Waals surface area contributed by atoms with E-state index in [2.05, 4.69) is 22.9 Å². The van der Waals surface area contributed by atoms with Gasteiger partial charge in [-0.15, -0.1) is 0 Å². The molecule has 78 valence electrons. The summed E-state index contributed by atoms with van der Waals surface area (Å²) >= 11 is 3.42. The quantitative estimate of drug-likeness (QED) is 0.887. The summed E-state index contributed by atoms with van der Waals surface area (Å²) in [6, 6.07) is 5.55. The number of halogens is 2. The van der Waals surface area contributed by atoms with Gasteiger partial charge in [-0.3, -0.25) is 0 Å². The van der Waals surface area contributed by atoms with Crippen molar-refractivity contribution in [2.45, 2.75) is 25.9 Å². The van der Waals surface area contributed by atoms with Crippen molar-refractivity contribution in [1.82, 2.24) is 0 Å². The highest BCUT2D eigenvalue weighted by Crippen LogP contribution is 2.28. The zero-order valence-electron chi connectivity index (χ0n) is 8.48. The van der Waals surface area contributed by atoms with E-state index in [9.17, 15) is 4.39 Å². The van der Waals surface area contributed by atoms with Crippen molar-refractivity contribution >= 4 is 15.9 Å². The molecule has 0 saturated heterocycles. The number of nitrogens with two attached hydrogens (primary N) is 1. The van der Waals surface area contributed by atoms with Crippen molar-refractivity contribution in [3.05, 3.63) is 33.8 Å². The van der Waals surface area contributed by atoms with E-state index < -0.39 is 5.67 Å². The molecule has 0 spiro atoms. The number of rotatable bonds is 3. The first kappa shape index (κ1) is 11.7. The number of benzene rings is 1. The minimum Gasteiger partial charge on any atom is -0.327 e. The topological polar surface area (TPSA) is 26.0 Å². The molecule has 2 N–H and O–H groups in total. The summed E-state index contributed by atoms with van der Waals surface area (Å²) in [6.07, 6.45) is 0.937. The Bertz CT molecular complexity index is 323. The number of aryl methyl sites for hydroxylation is 1. The van der Waals surface area contributed by atoms with Gasteiger partial charge in [-0.25, -0.2) is 4.39 Å². The van der Waals surface area contributed by atoms with Gasteiger partial charge in [0.2, 0.25) is 0 Å². The van der Waals surface area contributed by atoms with Crippen LogP contribution in [0.25, 0.3) is 0 Å². The fourth-order valence-electron chi connectivity index (χ4n) is 1.28. The Morgan fingerprint density at radius 3 is 2.57 bits per heavy atom. The second-order valence-electron chi connectivity index (χ2n) is 3.56. The summed E-state index contributed by atoms with van der Waals surface area (Å²) in [5, 5.41) is 0. The molecule has 1 rings (SSSR count). The highest BCUT2D eigenvalue weighted by atomic mass is 79.9. The first-order chi connectivity index (χ1) is 6.51. The number of hydrogen-bond acceptors (Lipinski definition) is 1. The largest absolute Gasteiger partial charge is 0.327 e. The third-order valence-electron chi connectivity index (χ3n) is 2.42. The van der Waals surface area contributed by atoms with Crippen molar-refractivity contribution in [3.8, 4) is 0 Å². The van der Waals surface area contributed by atoms with Gasteiger partial charge in [0.25, 0.3) is 0 Å². The minimum absolute atomic E-state index is 0.00487. The molecule has 0 bridgehead atoms. The molecule has 1 aromatic carbocycles. The molecule has 0 saturated carbocycles. The molecule has 0 aliphatic heterocycles. The second kappa shape index (κ2) is 4.41. The van der Waals surface area contributed by atoms with Gasteiger partial charge in [0, 0.05) is 11.0 Å². The second-order valence-corrected chi connectivity index (χ2v) is 4.42. The Balaban J connectivity index is 3.08. The SMILES string of the molecule is CCc1ccc(C(C)(F)CN)cc1Br. The lowest BCUT2D eigenvalue weighted by atomic mass is 9.96. The monoisotopic (exact) mass is 259 g/mol. The molecule has 3 heteroatoms. The van der Waals surface area contributed by atoms with E-state index in [1.165, 1.54) is 12.5 Å². The summed E-state index contributed by atoms with van der Waals surface area (Å²) in [6.45, 7) is 3.57. The zero-order chi connectivity index (χ0) is 10.8. The third kappa shape index (κ3) is 2.34. The van der Waals surface area contributed by atoms with Crippen molar-refractivity contribution in [2.24, 2.45) is 5.73 Å². The summed E-state index contributed by atoms with van der Waals surface area (Å²) < 4.78 is 14.8. The molecule has 0 radical (unpaired) electrons. The average Bonchev–Trinajstić information content (AvgIpc) is 2.17. The Hall–Kier alpha value is -0.410. The Kier molecular flexibility index (Phi) is 3.67. The van der Waals surface area contributed by atoms with Gasteiger partial charge in [-0.05, 0) is 30.5 Å². The first-order valence-corrected chi connectivity index (χ1v) is 5.48. The van der Waals surface area contributed by atoms with E-state index in [0.717, 1.165) is 10.9 Å². The molecular formula is C11H15BrFN. The Labute approximate surface area is 92.6 Å². The smallest absolute Gasteiger partial charge is 0.145 e. The highest BCUT2D eigenvalue weighted by Gasteiger charge is 2.24. The van der Waals surface area contributed by atoms with Crippen LogP contribution in [0.2, 0.25) is 0 Å². The normalized spacial score (nSPS) is 15.2. The van der Waals surface area contributed by atoms with Crippen molar-refractivity contribution in [2.75, 3.05) is 6.54 Å². The molecule has 0 aromatic heterocycles. The molecule has 0 fully saturated rings. The van der Waals surface area contributed by atoms with Gasteiger partial charge in [0.05, 0.1) is 0 Å². The lowest BCUT2D eigenvalue weighted by molar-refractivity contribution is 0.203. The molecule has 1 unspecified atom stereocenters. The first-order valence-electron chi connectivity index (χ1n) is 4.69. The van der Waals surface area contributed by atoms with Crippen LogP contribution in [0.15, 0.2) is 22.7 Å². The summed E-state index contributed by atoms with van der Waals surface area (Å²) in [5.74, 6) is 0. The summed E-state index contributed by atoms with van der Waals surface area (Å²) in [5.41, 5.74) is 5.74. The lowest BCUT2D eigenvalue weighted by Crippen LogP contribution is -2.26.